The first-order valence-corrected chi connectivity index (χ1v) is 11.1. The van der Waals surface area contributed by atoms with E-state index in [1.165, 1.54) is 16.8 Å². The predicted molar refractivity (Wildman–Crippen MR) is 128 cm³/mol. The van der Waals surface area contributed by atoms with Crippen LogP contribution in [-0.2, 0) is 9.47 Å². The predicted octanol–water partition coefficient (Wildman–Crippen LogP) is 2.77. The van der Waals surface area contributed by atoms with Crippen LogP contribution < -0.4 is 21.3 Å². The lowest BCUT2D eigenvalue weighted by molar-refractivity contribution is 0.0519. The second-order valence-electron chi connectivity index (χ2n) is 8.62. The third-order valence-corrected chi connectivity index (χ3v) is 4.63. The second kappa shape index (κ2) is 11.5. The monoisotopic (exact) mass is 470 g/mol. The van der Waals surface area contributed by atoms with Crippen LogP contribution in [-0.4, -0.2) is 52.6 Å². The summed E-state index contributed by atoms with van der Waals surface area (Å²) >= 11 is 0. The summed E-state index contributed by atoms with van der Waals surface area (Å²) in [5, 5.41) is 4.30. The Morgan fingerprint density at radius 2 is 1.88 bits per heavy atom. The first kappa shape index (κ1) is 25.0. The molecule has 0 saturated heterocycles. The number of alkyl carbamates (subject to hydrolysis) is 1. The maximum Gasteiger partial charge on any atom is 0.407 e. The Hall–Kier alpha value is -3.66. The van der Waals surface area contributed by atoms with E-state index in [0.29, 0.717) is 50.6 Å². The number of benzene rings is 1. The molecule has 3 rings (SSSR count). The normalized spacial score (nSPS) is 11.4. The molecule has 0 atom stereocenters. The maximum atomic E-state index is 12.1. The highest BCUT2D eigenvalue weighted by molar-refractivity contribution is 5.90. The van der Waals surface area contributed by atoms with Crippen LogP contribution in [0.1, 0.15) is 33.6 Å². The van der Waals surface area contributed by atoms with Crippen LogP contribution in [0.15, 0.2) is 52.4 Å². The number of amides is 1. The molecule has 2 heterocycles. The van der Waals surface area contributed by atoms with E-state index in [2.05, 4.69) is 15.3 Å². The van der Waals surface area contributed by atoms with Crippen molar-refractivity contribution >= 4 is 16.9 Å². The topological polar surface area (TPSA) is 125 Å². The average Bonchev–Trinajstić information content (AvgIpc) is 2.76. The van der Waals surface area contributed by atoms with E-state index < -0.39 is 22.9 Å². The van der Waals surface area contributed by atoms with Gasteiger partial charge in [0.05, 0.1) is 18.5 Å². The highest BCUT2D eigenvalue weighted by Crippen LogP contribution is 2.24. The van der Waals surface area contributed by atoms with Gasteiger partial charge in [-0.2, -0.15) is 0 Å². The van der Waals surface area contributed by atoms with Crippen LogP contribution >= 0.6 is 0 Å². The number of rotatable bonds is 10. The Morgan fingerprint density at radius 3 is 2.65 bits per heavy atom. The van der Waals surface area contributed by atoms with Crippen LogP contribution in [0.4, 0.5) is 4.79 Å². The van der Waals surface area contributed by atoms with Crippen molar-refractivity contribution in [3.63, 3.8) is 0 Å². The largest absolute Gasteiger partial charge is 0.493 e. The summed E-state index contributed by atoms with van der Waals surface area (Å²) < 4.78 is 17.9. The van der Waals surface area contributed by atoms with Gasteiger partial charge in [-0.05, 0) is 45.4 Å². The van der Waals surface area contributed by atoms with Crippen molar-refractivity contribution in [2.75, 3.05) is 26.4 Å². The van der Waals surface area contributed by atoms with Crippen molar-refractivity contribution in [2.24, 2.45) is 0 Å². The van der Waals surface area contributed by atoms with E-state index in [0.717, 1.165) is 10.8 Å². The van der Waals surface area contributed by atoms with E-state index in [9.17, 15) is 14.4 Å². The van der Waals surface area contributed by atoms with Crippen molar-refractivity contribution in [3.8, 4) is 11.4 Å². The number of carbonyl (C=O) groups excluding carboxylic acids is 1. The Bertz CT molecular complexity index is 1230. The summed E-state index contributed by atoms with van der Waals surface area (Å²) in [5.74, 6) is 0.682. The molecule has 3 aromatic rings. The lowest BCUT2D eigenvalue weighted by Gasteiger charge is -2.19. The molecule has 2 N–H and O–H groups in total. The molecule has 0 saturated carbocycles. The Balaban J connectivity index is 1.41. The third-order valence-electron chi connectivity index (χ3n) is 4.63. The molecular formula is C24H30N4O6. The van der Waals surface area contributed by atoms with E-state index in [-0.39, 0.29) is 0 Å². The number of fused-ring (bicyclic) bond motifs is 1. The summed E-state index contributed by atoms with van der Waals surface area (Å²) in [6.45, 7) is 7.51. The maximum absolute atomic E-state index is 12.1. The Kier molecular flexibility index (Phi) is 8.42. The number of nitrogens with one attached hydrogen (secondary N) is 2. The fourth-order valence-corrected chi connectivity index (χ4v) is 3.16. The Morgan fingerprint density at radius 1 is 1.09 bits per heavy atom. The zero-order valence-electron chi connectivity index (χ0n) is 19.6. The van der Waals surface area contributed by atoms with Crippen LogP contribution in [0.2, 0.25) is 0 Å². The van der Waals surface area contributed by atoms with Crippen molar-refractivity contribution in [2.45, 2.75) is 39.2 Å². The number of aromatic amines is 1. The summed E-state index contributed by atoms with van der Waals surface area (Å²) in [5.41, 5.74) is -0.915. The van der Waals surface area contributed by atoms with E-state index in [4.69, 9.17) is 14.2 Å². The van der Waals surface area contributed by atoms with E-state index in [1.807, 2.05) is 39.0 Å². The number of nitrogens with zero attached hydrogens (tertiary/aromatic N) is 2. The minimum atomic E-state index is -0.525. The highest BCUT2D eigenvalue weighted by Gasteiger charge is 2.15. The molecule has 2 aromatic heterocycles. The molecule has 0 radical (unpaired) electrons. The fraction of sp³-hybridized carbons (Fsp3) is 0.417. The number of aromatic nitrogens is 3. The Labute approximate surface area is 196 Å². The molecule has 0 fully saturated rings. The van der Waals surface area contributed by atoms with Crippen LogP contribution in [0.5, 0.6) is 5.75 Å². The fourth-order valence-electron chi connectivity index (χ4n) is 3.16. The van der Waals surface area contributed by atoms with Crippen LogP contribution in [0.25, 0.3) is 16.5 Å². The molecule has 0 aliphatic heterocycles. The van der Waals surface area contributed by atoms with Crippen molar-refractivity contribution < 1.29 is 19.0 Å². The molecule has 0 spiro atoms. The van der Waals surface area contributed by atoms with Gasteiger partial charge in [0.25, 0.3) is 5.56 Å². The van der Waals surface area contributed by atoms with Crippen molar-refractivity contribution in [1.82, 2.24) is 19.9 Å². The molecule has 34 heavy (non-hydrogen) atoms. The van der Waals surface area contributed by atoms with Gasteiger partial charge < -0.3 is 19.5 Å². The number of hydrogen-bond donors (Lipinski definition) is 2. The summed E-state index contributed by atoms with van der Waals surface area (Å²) in [6.07, 6.45) is 5.67. The zero-order chi connectivity index (χ0) is 24.6. The van der Waals surface area contributed by atoms with E-state index >= 15 is 0 Å². The standard InChI is InChI=1S/C24H30N4O6/c1-24(2,3)34-23(31)26-9-4-11-32-12-5-13-33-18-6-7-19-17(14-18)15-25-16-20(19)28-10-8-21(29)27-22(28)30/h6-8,10,14-16H,4-5,9,11-13H2,1-3H3,(H,26,31)(H,27,29,30). The van der Waals surface area contributed by atoms with Crippen LogP contribution in [0.3, 0.4) is 0 Å². The number of pyridine rings is 1. The first-order chi connectivity index (χ1) is 16.2. The van der Waals surface area contributed by atoms with Gasteiger partial charge in [0, 0.05) is 55.4 Å². The smallest absolute Gasteiger partial charge is 0.407 e. The van der Waals surface area contributed by atoms with Gasteiger partial charge in [-0.3, -0.25) is 19.3 Å². The highest BCUT2D eigenvalue weighted by atomic mass is 16.6. The SMILES string of the molecule is CC(C)(C)OC(=O)NCCCOCCCOc1ccc2c(-n3ccc(=O)[nH]c3=O)cncc2c1. The number of ether oxygens (including phenoxy) is 3. The molecule has 10 heteroatoms. The molecule has 0 unspecified atom stereocenters. The number of H-pyrrole nitrogens is 1. The summed E-state index contributed by atoms with van der Waals surface area (Å²) in [4.78, 5) is 41.5. The molecule has 1 aromatic carbocycles. The van der Waals surface area contributed by atoms with Crippen LogP contribution in [0, 0.1) is 0 Å². The van der Waals surface area contributed by atoms with Gasteiger partial charge in [-0.15, -0.1) is 0 Å². The third kappa shape index (κ3) is 7.45. The van der Waals surface area contributed by atoms with Gasteiger partial charge >= 0.3 is 11.8 Å². The minimum absolute atomic E-state index is 0.427. The molecule has 0 aliphatic carbocycles. The number of carbonyl (C=O) groups is 1. The van der Waals surface area contributed by atoms with Gasteiger partial charge in [0.1, 0.15) is 11.4 Å². The quantitative estimate of drug-likeness (QED) is 0.437. The van der Waals surface area contributed by atoms with Gasteiger partial charge in [0.15, 0.2) is 0 Å². The van der Waals surface area contributed by atoms with Gasteiger partial charge in [0.2, 0.25) is 0 Å². The van der Waals surface area contributed by atoms with Crippen molar-refractivity contribution in [1.29, 1.82) is 0 Å². The van der Waals surface area contributed by atoms with Crippen molar-refractivity contribution in [3.05, 3.63) is 63.7 Å². The van der Waals surface area contributed by atoms with Gasteiger partial charge in [-0.1, -0.05) is 0 Å². The molecule has 0 bridgehead atoms. The molecule has 1 amide bonds. The first-order valence-electron chi connectivity index (χ1n) is 11.1. The molecule has 10 nitrogen and oxygen atoms in total. The number of hydrogen-bond acceptors (Lipinski definition) is 7. The summed E-state index contributed by atoms with van der Waals surface area (Å²) in [6, 6.07) is 6.82. The minimum Gasteiger partial charge on any atom is -0.493 e. The average molecular weight is 471 g/mol. The molecular weight excluding hydrogens is 440 g/mol. The second-order valence-corrected chi connectivity index (χ2v) is 8.62. The van der Waals surface area contributed by atoms with Gasteiger partial charge in [-0.25, -0.2) is 9.59 Å². The molecule has 182 valence electrons. The van der Waals surface area contributed by atoms with E-state index in [1.54, 1.807) is 12.4 Å². The lowest BCUT2D eigenvalue weighted by Crippen LogP contribution is -2.33. The summed E-state index contributed by atoms with van der Waals surface area (Å²) in [7, 11) is 0. The zero-order valence-corrected chi connectivity index (χ0v) is 19.6. The lowest BCUT2D eigenvalue weighted by atomic mass is 10.1. The molecule has 0 aliphatic rings.